The minimum absolute atomic E-state index is 0.676. The molecular formula is C34H41N3. The molecule has 0 aromatic heterocycles. The van der Waals surface area contributed by atoms with E-state index < -0.39 is 5.54 Å². The van der Waals surface area contributed by atoms with Gasteiger partial charge in [-0.3, -0.25) is 4.99 Å². The first-order valence-corrected chi connectivity index (χ1v) is 12.8. The Bertz CT molecular complexity index is 1190. The number of rotatable bonds is 10. The van der Waals surface area contributed by atoms with E-state index in [2.05, 4.69) is 93.6 Å². The summed E-state index contributed by atoms with van der Waals surface area (Å²) < 4.78 is 0. The summed E-state index contributed by atoms with van der Waals surface area (Å²) in [4.78, 5) is 7.01. The van der Waals surface area contributed by atoms with Gasteiger partial charge in [0.05, 0.1) is 6.34 Å². The molecule has 0 unspecified atom stereocenters. The highest BCUT2D eigenvalue weighted by molar-refractivity contribution is 5.78. The van der Waals surface area contributed by atoms with Gasteiger partial charge in [0.25, 0.3) is 0 Å². The van der Waals surface area contributed by atoms with E-state index in [0.717, 1.165) is 16.8 Å². The molecule has 0 aliphatic carbocycles. The first-order chi connectivity index (χ1) is 18.0. The molecule has 0 saturated carbocycles. The second kappa shape index (κ2) is 14.4. The lowest BCUT2D eigenvalue weighted by Crippen LogP contribution is -2.36. The fourth-order valence-corrected chi connectivity index (χ4v) is 4.57. The molecule has 2 N–H and O–H groups in total. The fraction of sp³-hybridized carbons (Fsp3) is 0.206. The lowest BCUT2D eigenvalue weighted by molar-refractivity contribution is 0.350. The van der Waals surface area contributed by atoms with Crippen molar-refractivity contribution in [3.63, 3.8) is 0 Å². The fourth-order valence-electron chi connectivity index (χ4n) is 4.57. The summed E-state index contributed by atoms with van der Waals surface area (Å²) in [5.41, 5.74) is 12.7. The largest absolute Gasteiger partial charge is 0.390 e. The Morgan fingerprint density at radius 3 is 2.00 bits per heavy atom. The third kappa shape index (κ3) is 6.77. The summed E-state index contributed by atoms with van der Waals surface area (Å²) in [5, 5.41) is 0. The van der Waals surface area contributed by atoms with Crippen molar-refractivity contribution in [2.45, 2.75) is 39.8 Å². The zero-order chi connectivity index (χ0) is 27.3. The molecule has 0 aliphatic heterocycles. The smallest absolute Gasteiger partial charge is 0.151 e. The maximum atomic E-state index is 5.93. The van der Waals surface area contributed by atoms with Crippen LogP contribution in [0.4, 0.5) is 0 Å². The number of likely N-dealkylation sites (N-methyl/N-ethyl adjacent to an activating group) is 1. The lowest BCUT2D eigenvalue weighted by atomic mass is 9.80. The zero-order valence-corrected chi connectivity index (χ0v) is 23.0. The maximum Gasteiger partial charge on any atom is 0.151 e. The highest BCUT2D eigenvalue weighted by Gasteiger charge is 2.38. The molecule has 0 heterocycles. The Kier molecular flexibility index (Phi) is 11.4. The van der Waals surface area contributed by atoms with Crippen molar-refractivity contribution in [1.29, 1.82) is 0 Å². The average molecular weight is 492 g/mol. The Hall–Kier alpha value is -4.11. The third-order valence-corrected chi connectivity index (χ3v) is 6.27. The molecule has 3 nitrogen and oxygen atoms in total. The number of hydrogen-bond donors (Lipinski definition) is 1. The van der Waals surface area contributed by atoms with E-state index in [9.17, 15) is 0 Å². The first-order valence-electron chi connectivity index (χ1n) is 12.8. The van der Waals surface area contributed by atoms with E-state index in [4.69, 9.17) is 10.7 Å². The van der Waals surface area contributed by atoms with Gasteiger partial charge < -0.3 is 10.6 Å². The number of nitrogens with two attached hydrogens (primary N) is 1. The van der Waals surface area contributed by atoms with Crippen LogP contribution >= 0.6 is 0 Å². The van der Waals surface area contributed by atoms with Crippen molar-refractivity contribution in [3.05, 3.63) is 150 Å². The molecule has 3 aromatic rings. The minimum Gasteiger partial charge on any atom is -0.390 e. The van der Waals surface area contributed by atoms with Gasteiger partial charge in [-0.2, -0.15) is 0 Å². The van der Waals surface area contributed by atoms with E-state index in [1.54, 1.807) is 0 Å². The van der Waals surface area contributed by atoms with E-state index >= 15 is 0 Å². The van der Waals surface area contributed by atoms with Crippen molar-refractivity contribution in [2.24, 2.45) is 10.7 Å². The van der Waals surface area contributed by atoms with Crippen LogP contribution in [0, 0.1) is 0 Å². The third-order valence-electron chi connectivity index (χ3n) is 6.27. The second-order valence-electron chi connectivity index (χ2n) is 8.51. The second-order valence-corrected chi connectivity index (χ2v) is 8.51. The van der Waals surface area contributed by atoms with Crippen LogP contribution in [0.3, 0.4) is 0 Å². The molecule has 3 rings (SSSR count). The molecule has 192 valence electrons. The predicted molar refractivity (Wildman–Crippen MR) is 162 cm³/mol. The van der Waals surface area contributed by atoms with E-state index in [-0.39, 0.29) is 0 Å². The van der Waals surface area contributed by atoms with E-state index in [1.165, 1.54) is 28.6 Å². The molecule has 3 heteroatoms. The highest BCUT2D eigenvalue weighted by atomic mass is 15.1. The number of benzene rings is 3. The quantitative estimate of drug-likeness (QED) is 0.177. The van der Waals surface area contributed by atoms with Gasteiger partial charge in [-0.15, -0.1) is 0 Å². The normalized spacial score (nSPS) is 12.0. The minimum atomic E-state index is -0.832. The topological polar surface area (TPSA) is 41.6 Å². The molecule has 0 saturated heterocycles. The summed E-state index contributed by atoms with van der Waals surface area (Å²) in [6, 6.07) is 29.0. The molecule has 0 bridgehead atoms. The molecule has 3 aromatic carbocycles. The van der Waals surface area contributed by atoms with Crippen LogP contribution < -0.4 is 5.73 Å². The van der Waals surface area contributed by atoms with Crippen molar-refractivity contribution >= 4 is 11.9 Å². The Morgan fingerprint density at radius 1 is 0.946 bits per heavy atom. The number of allylic oxidation sites excluding steroid dienone is 5. The van der Waals surface area contributed by atoms with Gasteiger partial charge in [0.2, 0.25) is 0 Å². The van der Waals surface area contributed by atoms with Crippen molar-refractivity contribution in [2.75, 3.05) is 7.05 Å². The first kappa shape index (κ1) is 29.1. The van der Waals surface area contributed by atoms with Gasteiger partial charge in [0.15, 0.2) is 5.54 Å². The maximum absolute atomic E-state index is 5.93. The molecule has 0 fully saturated rings. The molecule has 0 atom stereocenters. The summed E-state index contributed by atoms with van der Waals surface area (Å²) in [5.74, 6) is 0. The van der Waals surface area contributed by atoms with E-state index in [1.807, 2.05) is 62.4 Å². The van der Waals surface area contributed by atoms with Crippen LogP contribution in [0.5, 0.6) is 0 Å². The van der Waals surface area contributed by atoms with Crippen LogP contribution in [0.2, 0.25) is 0 Å². The number of nitrogens with zero attached hydrogens (tertiary/aromatic N) is 2. The lowest BCUT2D eigenvalue weighted by Gasteiger charge is -2.38. The highest BCUT2D eigenvalue weighted by Crippen LogP contribution is 2.41. The predicted octanol–water partition coefficient (Wildman–Crippen LogP) is 8.12. The van der Waals surface area contributed by atoms with Crippen LogP contribution in [0.25, 0.3) is 5.57 Å². The van der Waals surface area contributed by atoms with Gasteiger partial charge in [-0.05, 0) is 53.3 Å². The average Bonchev–Trinajstić information content (AvgIpc) is 2.94. The Morgan fingerprint density at radius 2 is 1.51 bits per heavy atom. The van der Waals surface area contributed by atoms with Crippen LogP contribution in [0.1, 0.15) is 49.9 Å². The van der Waals surface area contributed by atoms with Crippen molar-refractivity contribution < 1.29 is 0 Å². The van der Waals surface area contributed by atoms with Crippen LogP contribution in [-0.4, -0.2) is 18.3 Å². The summed E-state index contributed by atoms with van der Waals surface area (Å²) in [6.45, 7) is 17.2. The standard InChI is InChI=1S/C32H35N3.C2H6/c1-6-15-25(3)31(7-2)28-17-14-16-27(22-28)23-35(5)26(4)32(34-24-33,29-18-10-8-11-19-29)30-20-12-9-13-21-30;1-2/h6-22,24H,1,4,23H2,2-3,5H3,(H2,33,34);1-2H3/b25-15-,31-7+;. The summed E-state index contributed by atoms with van der Waals surface area (Å²) >= 11 is 0. The van der Waals surface area contributed by atoms with Gasteiger partial charge in [0, 0.05) is 19.3 Å². The van der Waals surface area contributed by atoms with Gasteiger partial charge in [0.1, 0.15) is 0 Å². The van der Waals surface area contributed by atoms with Gasteiger partial charge >= 0.3 is 0 Å². The summed E-state index contributed by atoms with van der Waals surface area (Å²) in [6.07, 6.45) is 7.38. The van der Waals surface area contributed by atoms with Crippen molar-refractivity contribution in [1.82, 2.24) is 4.90 Å². The molecule has 37 heavy (non-hydrogen) atoms. The molecule has 0 spiro atoms. The summed E-state index contributed by atoms with van der Waals surface area (Å²) in [7, 11) is 2.06. The Balaban J connectivity index is 0.00000235. The van der Waals surface area contributed by atoms with Crippen LogP contribution in [0.15, 0.2) is 133 Å². The SMILES string of the molecule is C=C/C=C(C)\C(=C/C)c1cccc(CN(C)C(=C)C(N=CN)(c2ccccc2)c2ccccc2)c1.CC. The number of aliphatic imine (C=N–C) groups is 1. The molecular weight excluding hydrogens is 450 g/mol. The van der Waals surface area contributed by atoms with Crippen molar-refractivity contribution in [3.8, 4) is 0 Å². The molecule has 0 amide bonds. The van der Waals surface area contributed by atoms with E-state index in [0.29, 0.717) is 6.54 Å². The molecule has 0 radical (unpaired) electrons. The molecule has 0 aliphatic rings. The van der Waals surface area contributed by atoms with Crippen LogP contribution in [-0.2, 0) is 12.1 Å². The zero-order valence-electron chi connectivity index (χ0n) is 23.0. The monoisotopic (exact) mass is 491 g/mol. The number of hydrogen-bond acceptors (Lipinski definition) is 2. The Labute approximate surface area is 224 Å². The van der Waals surface area contributed by atoms with Gasteiger partial charge in [-0.25, -0.2) is 0 Å². The van der Waals surface area contributed by atoms with Gasteiger partial charge in [-0.1, -0.05) is 124 Å².